The van der Waals surface area contributed by atoms with E-state index in [0.717, 1.165) is 22.3 Å². The highest BCUT2D eigenvalue weighted by molar-refractivity contribution is 7.88. The number of phenolic OH excluding ortho intramolecular Hbond substituents is 1. The fourth-order valence-corrected chi connectivity index (χ4v) is 6.56. The van der Waals surface area contributed by atoms with E-state index >= 15 is 0 Å². The molecule has 0 saturated heterocycles. The van der Waals surface area contributed by atoms with Crippen LogP contribution in [0.5, 0.6) is 5.75 Å². The van der Waals surface area contributed by atoms with Crippen molar-refractivity contribution in [3.8, 4) is 5.75 Å². The van der Waals surface area contributed by atoms with Crippen molar-refractivity contribution in [3.63, 3.8) is 0 Å². The molecule has 262 valence electrons. The van der Waals surface area contributed by atoms with E-state index < -0.39 is 45.6 Å². The molecule has 50 heavy (non-hydrogen) atoms. The Hall–Kier alpha value is -5.57. The first-order valence-electron chi connectivity index (χ1n) is 15.7. The number of aromatic hydroxyl groups is 1. The Morgan fingerprint density at radius 2 is 1.40 bits per heavy atom. The molecular formula is C36H40N6O7S. The summed E-state index contributed by atoms with van der Waals surface area (Å²) >= 11 is 0. The number of amides is 2. The molecule has 0 aliphatic carbocycles. The van der Waals surface area contributed by atoms with Crippen LogP contribution in [0.2, 0.25) is 0 Å². The largest absolute Gasteiger partial charge is 0.508 e. The number of phenols is 1. The second-order valence-corrected chi connectivity index (χ2v) is 13.5. The molecule has 0 saturated carbocycles. The van der Waals surface area contributed by atoms with Gasteiger partial charge in [-0.2, -0.15) is 0 Å². The predicted octanol–water partition coefficient (Wildman–Crippen LogP) is 2.30. The molecule has 0 bridgehead atoms. The molecule has 0 aliphatic heterocycles. The number of sulfonamides is 1. The standard InChI is InChI=1S/C36H40N6O7S/c37-20-26-4-1-3-25(17-26)19-32(34(44)40-21-24-7-12-28(13-8-24)33(38)39)41-35(45)31(16-11-23-9-14-30(43)15-10-23)42-50(48,49)22-27-5-2-6-29(18-27)36(46)47/h1-10,12-15,17-18,31-32,42-43H,11,16,19-22,37H2,(H3,38,39)(H,40,44)(H,41,45)(H,46,47). The second-order valence-electron chi connectivity index (χ2n) is 11.8. The third-order valence-corrected chi connectivity index (χ3v) is 9.22. The number of nitrogen functional groups attached to an aromatic ring is 1. The van der Waals surface area contributed by atoms with Crippen molar-refractivity contribution in [1.29, 1.82) is 5.41 Å². The topological polar surface area (TPSA) is 238 Å². The number of carbonyl (C=O) groups excluding carboxylic acids is 2. The molecule has 4 rings (SSSR count). The summed E-state index contributed by atoms with van der Waals surface area (Å²) in [7, 11) is -4.19. The number of rotatable bonds is 17. The van der Waals surface area contributed by atoms with Gasteiger partial charge < -0.3 is 32.3 Å². The highest BCUT2D eigenvalue weighted by Crippen LogP contribution is 2.15. The van der Waals surface area contributed by atoms with E-state index in [1.54, 1.807) is 48.5 Å². The van der Waals surface area contributed by atoms with Crippen molar-refractivity contribution < 1.29 is 33.0 Å². The van der Waals surface area contributed by atoms with Gasteiger partial charge >= 0.3 is 5.97 Å². The first-order valence-corrected chi connectivity index (χ1v) is 17.4. The average Bonchev–Trinajstić information content (AvgIpc) is 3.09. The molecule has 0 aliphatic rings. The number of amidine groups is 1. The molecule has 0 spiro atoms. The summed E-state index contributed by atoms with van der Waals surface area (Å²) in [4.78, 5) is 39.0. The first-order chi connectivity index (χ1) is 23.8. The lowest BCUT2D eigenvalue weighted by atomic mass is 10.0. The summed E-state index contributed by atoms with van der Waals surface area (Å²) in [5.41, 5.74) is 15.0. The Labute approximate surface area is 290 Å². The summed E-state index contributed by atoms with van der Waals surface area (Å²) in [5.74, 6) is -3.10. The molecule has 2 unspecified atom stereocenters. The van der Waals surface area contributed by atoms with Gasteiger partial charge in [0.05, 0.1) is 11.3 Å². The fraction of sp³-hybridized carbons (Fsp3) is 0.222. The lowest BCUT2D eigenvalue weighted by molar-refractivity contribution is -0.130. The number of benzene rings is 4. The van der Waals surface area contributed by atoms with Crippen LogP contribution in [0.3, 0.4) is 0 Å². The average molecular weight is 701 g/mol. The molecule has 0 aromatic heterocycles. The van der Waals surface area contributed by atoms with E-state index in [2.05, 4.69) is 15.4 Å². The van der Waals surface area contributed by atoms with Crippen molar-refractivity contribution >= 4 is 33.6 Å². The summed E-state index contributed by atoms with van der Waals surface area (Å²) in [5, 5.41) is 32.2. The molecule has 4 aromatic carbocycles. The number of hydrogen-bond donors (Lipinski definition) is 8. The zero-order valence-electron chi connectivity index (χ0n) is 27.1. The molecule has 2 atom stereocenters. The number of aryl methyl sites for hydroxylation is 1. The Kier molecular flexibility index (Phi) is 12.8. The number of aromatic carboxylic acids is 1. The minimum absolute atomic E-state index is 0.00446. The van der Waals surface area contributed by atoms with Crippen molar-refractivity contribution in [2.24, 2.45) is 11.5 Å². The van der Waals surface area contributed by atoms with Crippen molar-refractivity contribution in [2.45, 2.75) is 50.2 Å². The van der Waals surface area contributed by atoms with Gasteiger partial charge in [-0.25, -0.2) is 17.9 Å². The maximum Gasteiger partial charge on any atom is 0.335 e. The second kappa shape index (κ2) is 17.2. The molecule has 14 heteroatoms. The summed E-state index contributed by atoms with van der Waals surface area (Å²) in [6.07, 6.45) is 0.333. The number of carboxylic acid groups (broad SMARTS) is 1. The highest BCUT2D eigenvalue weighted by atomic mass is 32.2. The molecule has 10 N–H and O–H groups in total. The Balaban J connectivity index is 1.57. The van der Waals surface area contributed by atoms with Gasteiger partial charge in [0.1, 0.15) is 23.7 Å². The van der Waals surface area contributed by atoms with E-state index in [-0.39, 0.29) is 55.1 Å². The molecule has 13 nitrogen and oxygen atoms in total. The van der Waals surface area contributed by atoms with Crippen LogP contribution in [0.25, 0.3) is 0 Å². The van der Waals surface area contributed by atoms with Crippen LogP contribution in [0.1, 0.15) is 50.2 Å². The van der Waals surface area contributed by atoms with Crippen molar-refractivity contribution in [3.05, 3.63) is 136 Å². The third-order valence-electron chi connectivity index (χ3n) is 7.86. The lowest BCUT2D eigenvalue weighted by Gasteiger charge is -2.24. The van der Waals surface area contributed by atoms with Crippen LogP contribution in [0, 0.1) is 5.41 Å². The number of carboxylic acids is 1. The van der Waals surface area contributed by atoms with Crippen LogP contribution in [-0.2, 0) is 51.3 Å². The van der Waals surface area contributed by atoms with E-state index in [1.807, 2.05) is 12.1 Å². The summed E-state index contributed by atoms with van der Waals surface area (Å²) in [6.45, 7) is 0.377. The van der Waals surface area contributed by atoms with E-state index in [1.165, 1.54) is 36.4 Å². The molecule has 0 radical (unpaired) electrons. The van der Waals surface area contributed by atoms with Crippen LogP contribution < -0.4 is 26.8 Å². The summed E-state index contributed by atoms with van der Waals surface area (Å²) in [6, 6.07) is 23.3. The van der Waals surface area contributed by atoms with Gasteiger partial charge in [-0.15, -0.1) is 0 Å². The fourth-order valence-electron chi connectivity index (χ4n) is 5.20. The van der Waals surface area contributed by atoms with Gasteiger partial charge in [-0.1, -0.05) is 72.8 Å². The van der Waals surface area contributed by atoms with Gasteiger partial charge in [0.2, 0.25) is 21.8 Å². The normalized spacial score (nSPS) is 12.4. The molecule has 4 aromatic rings. The number of hydrogen-bond acceptors (Lipinski definition) is 8. The minimum Gasteiger partial charge on any atom is -0.508 e. The molecule has 2 amide bonds. The number of nitrogens with two attached hydrogens (primary N) is 2. The maximum absolute atomic E-state index is 13.9. The third kappa shape index (κ3) is 11.3. The number of carbonyl (C=O) groups is 3. The number of nitrogens with one attached hydrogen (secondary N) is 4. The monoisotopic (exact) mass is 700 g/mol. The Morgan fingerprint density at radius 3 is 2.06 bits per heavy atom. The molecule has 0 fully saturated rings. The zero-order valence-corrected chi connectivity index (χ0v) is 28.0. The molecular weight excluding hydrogens is 660 g/mol. The lowest BCUT2D eigenvalue weighted by Crippen LogP contribution is -2.54. The van der Waals surface area contributed by atoms with Crippen LogP contribution in [-0.4, -0.2) is 54.3 Å². The Bertz CT molecular complexity index is 1930. The van der Waals surface area contributed by atoms with Crippen LogP contribution in [0.15, 0.2) is 97.1 Å². The van der Waals surface area contributed by atoms with Crippen molar-refractivity contribution in [1.82, 2.24) is 15.4 Å². The first kappa shape index (κ1) is 37.3. The van der Waals surface area contributed by atoms with Crippen molar-refractivity contribution in [2.75, 3.05) is 0 Å². The van der Waals surface area contributed by atoms with Gasteiger partial charge in [-0.3, -0.25) is 15.0 Å². The van der Waals surface area contributed by atoms with Gasteiger partial charge in [0.25, 0.3) is 0 Å². The highest BCUT2D eigenvalue weighted by Gasteiger charge is 2.29. The van der Waals surface area contributed by atoms with Gasteiger partial charge in [0.15, 0.2) is 0 Å². The minimum atomic E-state index is -4.19. The Morgan fingerprint density at radius 1 is 0.760 bits per heavy atom. The van der Waals surface area contributed by atoms with E-state index in [4.69, 9.17) is 16.9 Å². The van der Waals surface area contributed by atoms with Gasteiger partial charge in [-0.05, 0) is 64.9 Å². The summed E-state index contributed by atoms with van der Waals surface area (Å²) < 4.78 is 29.2. The SMILES string of the molecule is N=C(N)c1ccc(CNC(=O)C(Cc2cccc(CN)c2)NC(=O)C(CCc2ccc(O)cc2)NS(=O)(=O)Cc2cccc(C(=O)O)c2)cc1. The van der Waals surface area contributed by atoms with Gasteiger partial charge in [0, 0.05) is 25.1 Å². The quantitative estimate of drug-likeness (QED) is 0.0595. The smallest absolute Gasteiger partial charge is 0.335 e. The zero-order chi connectivity index (χ0) is 36.3. The van der Waals surface area contributed by atoms with E-state index in [9.17, 15) is 33.0 Å². The molecule has 0 heterocycles. The predicted molar refractivity (Wildman–Crippen MR) is 189 cm³/mol. The van der Waals surface area contributed by atoms with Crippen LogP contribution >= 0.6 is 0 Å². The van der Waals surface area contributed by atoms with Crippen LogP contribution in [0.4, 0.5) is 0 Å². The van der Waals surface area contributed by atoms with E-state index in [0.29, 0.717) is 5.56 Å². The maximum atomic E-state index is 13.9.